The highest BCUT2D eigenvalue weighted by Gasteiger charge is 2.29. The number of hydrogen-bond acceptors (Lipinski definition) is 4. The molecule has 1 aromatic heterocycles. The number of nitrogens with zero attached hydrogens (tertiary/aromatic N) is 2. The molecule has 20 heavy (non-hydrogen) atoms. The minimum absolute atomic E-state index is 0.101. The number of hydrogen-bond donors (Lipinski definition) is 3. The van der Waals surface area contributed by atoms with E-state index in [4.69, 9.17) is 0 Å². The van der Waals surface area contributed by atoms with Gasteiger partial charge in [0, 0.05) is 13.0 Å². The van der Waals surface area contributed by atoms with Crippen molar-refractivity contribution in [2.75, 3.05) is 7.05 Å². The maximum atomic E-state index is 12.1. The molecule has 7 nitrogen and oxygen atoms in total. The molecule has 1 aromatic rings. The Labute approximate surface area is 117 Å². The Morgan fingerprint density at radius 3 is 2.65 bits per heavy atom. The standard InChI is InChI=1S/C13H21N5O2/c1-7(2)6-9(12(19)14-3)15-13(20)11-16-10(17-18-11)8-4-5-8/h7-9H,4-6H2,1-3H3,(H,14,19)(H,15,20)(H,16,17,18). The van der Waals surface area contributed by atoms with Crippen LogP contribution in [0.5, 0.6) is 0 Å². The fourth-order valence-electron chi connectivity index (χ4n) is 2.02. The molecule has 1 aliphatic carbocycles. The first-order valence-corrected chi connectivity index (χ1v) is 6.96. The summed E-state index contributed by atoms with van der Waals surface area (Å²) in [6, 6.07) is -0.560. The topological polar surface area (TPSA) is 99.8 Å². The number of rotatable bonds is 6. The van der Waals surface area contributed by atoms with Crippen LogP contribution in [0, 0.1) is 5.92 Å². The molecule has 1 aliphatic rings. The number of H-pyrrole nitrogens is 1. The zero-order valence-corrected chi connectivity index (χ0v) is 12.1. The van der Waals surface area contributed by atoms with Gasteiger partial charge in [0.2, 0.25) is 11.7 Å². The van der Waals surface area contributed by atoms with E-state index in [1.54, 1.807) is 7.05 Å². The SMILES string of the molecule is CNC(=O)C(CC(C)C)NC(=O)c1n[nH]c(C2CC2)n1. The third kappa shape index (κ3) is 3.55. The maximum absolute atomic E-state index is 12.1. The fourth-order valence-corrected chi connectivity index (χ4v) is 2.02. The molecule has 7 heteroatoms. The highest BCUT2D eigenvalue weighted by molar-refractivity contribution is 5.94. The Kier molecular flexibility index (Phi) is 4.36. The zero-order chi connectivity index (χ0) is 14.7. The zero-order valence-electron chi connectivity index (χ0n) is 12.1. The van der Waals surface area contributed by atoms with Gasteiger partial charge in [-0.05, 0) is 25.2 Å². The molecule has 110 valence electrons. The number of aromatic amines is 1. The first kappa shape index (κ1) is 14.5. The molecule has 1 atom stereocenters. The molecule has 0 radical (unpaired) electrons. The van der Waals surface area contributed by atoms with Gasteiger partial charge in [0.25, 0.3) is 5.91 Å². The van der Waals surface area contributed by atoms with Gasteiger partial charge in [-0.25, -0.2) is 4.98 Å². The minimum Gasteiger partial charge on any atom is -0.357 e. The van der Waals surface area contributed by atoms with Gasteiger partial charge in [0.15, 0.2) is 0 Å². The molecule has 2 rings (SSSR count). The van der Waals surface area contributed by atoms with Crippen molar-refractivity contribution in [2.24, 2.45) is 5.92 Å². The van der Waals surface area contributed by atoms with Crippen LogP contribution in [0.2, 0.25) is 0 Å². The van der Waals surface area contributed by atoms with E-state index in [0.717, 1.165) is 18.7 Å². The third-order valence-corrected chi connectivity index (χ3v) is 3.25. The molecule has 1 heterocycles. The van der Waals surface area contributed by atoms with Gasteiger partial charge in [0.05, 0.1) is 0 Å². The first-order valence-electron chi connectivity index (χ1n) is 6.96. The molecule has 0 saturated heterocycles. The summed E-state index contributed by atoms with van der Waals surface area (Å²) in [4.78, 5) is 28.0. The summed E-state index contributed by atoms with van der Waals surface area (Å²) in [5.41, 5.74) is 0. The molecule has 0 aromatic carbocycles. The summed E-state index contributed by atoms with van der Waals surface area (Å²) < 4.78 is 0. The predicted molar refractivity (Wildman–Crippen MR) is 73.1 cm³/mol. The molecule has 0 bridgehead atoms. The second kappa shape index (κ2) is 6.02. The van der Waals surface area contributed by atoms with E-state index in [1.165, 1.54) is 0 Å². The van der Waals surface area contributed by atoms with Crippen LogP contribution in [0.3, 0.4) is 0 Å². The molecule has 3 N–H and O–H groups in total. The molecule has 1 fully saturated rings. The molecular weight excluding hydrogens is 258 g/mol. The molecular formula is C13H21N5O2. The van der Waals surface area contributed by atoms with Crippen molar-refractivity contribution in [1.82, 2.24) is 25.8 Å². The first-order chi connectivity index (χ1) is 9.51. The summed E-state index contributed by atoms with van der Waals surface area (Å²) in [6.07, 6.45) is 2.75. The highest BCUT2D eigenvalue weighted by atomic mass is 16.2. The predicted octanol–water partition coefficient (Wildman–Crippen LogP) is 0.573. The average Bonchev–Trinajstić information content (AvgIpc) is 3.14. The lowest BCUT2D eigenvalue weighted by Gasteiger charge is -2.18. The Morgan fingerprint density at radius 1 is 1.40 bits per heavy atom. The number of amides is 2. The van der Waals surface area contributed by atoms with Crippen LogP contribution < -0.4 is 10.6 Å². The fraction of sp³-hybridized carbons (Fsp3) is 0.692. The molecule has 0 spiro atoms. The highest BCUT2D eigenvalue weighted by Crippen LogP contribution is 2.37. The monoisotopic (exact) mass is 279 g/mol. The van der Waals surface area contributed by atoms with Crippen LogP contribution in [0.15, 0.2) is 0 Å². The number of likely N-dealkylation sites (N-methyl/N-ethyl adjacent to an activating group) is 1. The van der Waals surface area contributed by atoms with Crippen molar-refractivity contribution in [3.8, 4) is 0 Å². The lowest BCUT2D eigenvalue weighted by atomic mass is 10.0. The molecule has 0 aliphatic heterocycles. The number of aromatic nitrogens is 3. The van der Waals surface area contributed by atoms with Crippen molar-refractivity contribution >= 4 is 11.8 Å². The van der Waals surface area contributed by atoms with Crippen LogP contribution >= 0.6 is 0 Å². The van der Waals surface area contributed by atoms with Crippen LogP contribution in [0.1, 0.15) is 55.5 Å². The average molecular weight is 279 g/mol. The number of carbonyl (C=O) groups excluding carboxylic acids is 2. The summed E-state index contributed by atoms with van der Waals surface area (Å²) >= 11 is 0. The van der Waals surface area contributed by atoms with Gasteiger partial charge in [0.1, 0.15) is 11.9 Å². The van der Waals surface area contributed by atoms with Crippen LogP contribution in [0.25, 0.3) is 0 Å². The minimum atomic E-state index is -0.560. The van der Waals surface area contributed by atoms with Gasteiger partial charge >= 0.3 is 0 Å². The van der Waals surface area contributed by atoms with E-state index < -0.39 is 11.9 Å². The summed E-state index contributed by atoms with van der Waals surface area (Å²) in [6.45, 7) is 4.00. The van der Waals surface area contributed by atoms with Crippen LogP contribution in [-0.2, 0) is 4.79 Å². The van der Waals surface area contributed by atoms with Gasteiger partial charge < -0.3 is 10.6 Å². The van der Waals surface area contributed by atoms with Crippen LogP contribution in [0.4, 0.5) is 0 Å². The van der Waals surface area contributed by atoms with Gasteiger partial charge in [-0.3, -0.25) is 14.7 Å². The summed E-state index contributed by atoms with van der Waals surface area (Å²) in [5, 5.41) is 11.9. The van der Waals surface area contributed by atoms with E-state index in [2.05, 4.69) is 25.8 Å². The second-order valence-corrected chi connectivity index (χ2v) is 5.59. The third-order valence-electron chi connectivity index (χ3n) is 3.25. The number of nitrogens with one attached hydrogen (secondary N) is 3. The Balaban J connectivity index is 2.00. The van der Waals surface area contributed by atoms with Crippen molar-refractivity contribution in [1.29, 1.82) is 0 Å². The van der Waals surface area contributed by atoms with Crippen molar-refractivity contribution < 1.29 is 9.59 Å². The molecule has 2 amide bonds. The quantitative estimate of drug-likeness (QED) is 0.709. The number of carbonyl (C=O) groups is 2. The molecule has 1 saturated carbocycles. The van der Waals surface area contributed by atoms with Crippen molar-refractivity contribution in [2.45, 2.75) is 45.1 Å². The van der Waals surface area contributed by atoms with E-state index in [1.807, 2.05) is 13.8 Å². The molecule has 1 unspecified atom stereocenters. The Hall–Kier alpha value is -1.92. The van der Waals surface area contributed by atoms with Gasteiger partial charge in [-0.1, -0.05) is 13.8 Å². The summed E-state index contributed by atoms with van der Waals surface area (Å²) in [7, 11) is 1.56. The van der Waals surface area contributed by atoms with Crippen molar-refractivity contribution in [3.63, 3.8) is 0 Å². The van der Waals surface area contributed by atoms with E-state index >= 15 is 0 Å². The Bertz CT molecular complexity index is 493. The smallest absolute Gasteiger partial charge is 0.291 e. The lowest BCUT2D eigenvalue weighted by molar-refractivity contribution is -0.122. The summed E-state index contributed by atoms with van der Waals surface area (Å²) in [5.74, 6) is 0.952. The van der Waals surface area contributed by atoms with Gasteiger partial charge in [-0.15, -0.1) is 5.10 Å². The van der Waals surface area contributed by atoms with Crippen LogP contribution in [-0.4, -0.2) is 40.1 Å². The second-order valence-electron chi connectivity index (χ2n) is 5.59. The van der Waals surface area contributed by atoms with E-state index in [0.29, 0.717) is 18.3 Å². The largest absolute Gasteiger partial charge is 0.357 e. The van der Waals surface area contributed by atoms with Gasteiger partial charge in [-0.2, -0.15) is 0 Å². The van der Waals surface area contributed by atoms with Crippen molar-refractivity contribution in [3.05, 3.63) is 11.6 Å². The normalized spacial score (nSPS) is 16.0. The Morgan fingerprint density at radius 2 is 2.10 bits per heavy atom. The maximum Gasteiger partial charge on any atom is 0.291 e. The van der Waals surface area contributed by atoms with E-state index in [-0.39, 0.29) is 11.7 Å². The van der Waals surface area contributed by atoms with E-state index in [9.17, 15) is 9.59 Å². The lowest BCUT2D eigenvalue weighted by Crippen LogP contribution is -2.46.